The van der Waals surface area contributed by atoms with Gasteiger partial charge in [-0.2, -0.15) is 0 Å². The molecule has 1 aliphatic rings. The van der Waals surface area contributed by atoms with Crippen molar-refractivity contribution in [3.05, 3.63) is 0 Å². The lowest BCUT2D eigenvalue weighted by Gasteiger charge is -2.41. The SMILES string of the molecule is CC(C)(C)OC(=O)N1CC(O)C1O. The minimum atomic E-state index is -1.12. The van der Waals surface area contributed by atoms with E-state index in [4.69, 9.17) is 14.9 Å². The molecular weight excluding hydrogens is 174 g/mol. The molecule has 13 heavy (non-hydrogen) atoms. The minimum Gasteiger partial charge on any atom is -0.444 e. The first kappa shape index (κ1) is 10.3. The van der Waals surface area contributed by atoms with Crippen molar-refractivity contribution in [2.24, 2.45) is 0 Å². The number of β-amino-alcohol motifs (C(OH)–C–C–N with tert-alkyl or cyclic N) is 1. The number of likely N-dealkylation sites (tertiary alicyclic amines) is 1. The monoisotopic (exact) mass is 189 g/mol. The predicted octanol–water partition coefficient (Wildman–Crippen LogP) is -0.0836. The maximum absolute atomic E-state index is 11.2. The molecule has 0 bridgehead atoms. The maximum Gasteiger partial charge on any atom is 0.412 e. The van der Waals surface area contributed by atoms with Crippen molar-refractivity contribution in [2.45, 2.75) is 38.7 Å². The first-order chi connectivity index (χ1) is 5.81. The van der Waals surface area contributed by atoms with Crippen LogP contribution in [0.1, 0.15) is 20.8 Å². The number of amides is 1. The molecule has 1 heterocycles. The summed E-state index contributed by atoms with van der Waals surface area (Å²) in [6.45, 7) is 5.37. The number of aliphatic hydroxyl groups excluding tert-OH is 2. The van der Waals surface area contributed by atoms with Crippen molar-refractivity contribution in [1.82, 2.24) is 4.90 Å². The van der Waals surface area contributed by atoms with Crippen LogP contribution in [0.3, 0.4) is 0 Å². The van der Waals surface area contributed by atoms with E-state index in [1.807, 2.05) is 0 Å². The van der Waals surface area contributed by atoms with E-state index < -0.39 is 24.0 Å². The fraction of sp³-hybridized carbons (Fsp3) is 0.875. The van der Waals surface area contributed by atoms with Gasteiger partial charge in [0.15, 0.2) is 6.23 Å². The van der Waals surface area contributed by atoms with Gasteiger partial charge in [0.1, 0.15) is 11.7 Å². The van der Waals surface area contributed by atoms with E-state index in [0.717, 1.165) is 4.90 Å². The summed E-state index contributed by atoms with van der Waals surface area (Å²) in [6.07, 6.45) is -2.55. The summed E-state index contributed by atoms with van der Waals surface area (Å²) in [5.41, 5.74) is -0.572. The van der Waals surface area contributed by atoms with E-state index in [1.165, 1.54) is 0 Å². The Morgan fingerprint density at radius 3 is 2.31 bits per heavy atom. The molecule has 0 aromatic heterocycles. The van der Waals surface area contributed by atoms with Crippen molar-refractivity contribution in [1.29, 1.82) is 0 Å². The third-order valence-electron chi connectivity index (χ3n) is 1.68. The van der Waals surface area contributed by atoms with Gasteiger partial charge >= 0.3 is 6.09 Å². The molecule has 0 aromatic rings. The van der Waals surface area contributed by atoms with Crippen LogP contribution in [-0.2, 0) is 4.74 Å². The first-order valence-electron chi connectivity index (χ1n) is 4.17. The van der Waals surface area contributed by atoms with Crippen LogP contribution in [-0.4, -0.2) is 45.7 Å². The number of hydrogen-bond donors (Lipinski definition) is 2. The summed E-state index contributed by atoms with van der Waals surface area (Å²) in [7, 11) is 0. The topological polar surface area (TPSA) is 70.0 Å². The third-order valence-corrected chi connectivity index (χ3v) is 1.68. The molecular formula is C8H15NO4. The standard InChI is InChI=1S/C8H15NO4/c1-8(2,3)13-7(12)9-4-5(10)6(9)11/h5-6,10-11H,4H2,1-3H3. The summed E-state index contributed by atoms with van der Waals surface area (Å²) in [5.74, 6) is 0. The van der Waals surface area contributed by atoms with Crippen molar-refractivity contribution in [2.75, 3.05) is 6.54 Å². The minimum absolute atomic E-state index is 0.135. The fourth-order valence-corrected chi connectivity index (χ4v) is 0.977. The van der Waals surface area contributed by atoms with Crippen LogP contribution in [0.25, 0.3) is 0 Å². The zero-order valence-corrected chi connectivity index (χ0v) is 8.02. The summed E-state index contributed by atoms with van der Waals surface area (Å²) < 4.78 is 4.98. The molecule has 5 heteroatoms. The Hall–Kier alpha value is -0.810. The second-order valence-electron chi connectivity index (χ2n) is 4.11. The average Bonchev–Trinajstić information content (AvgIpc) is 1.95. The van der Waals surface area contributed by atoms with Crippen molar-refractivity contribution in [3.8, 4) is 0 Å². The Morgan fingerprint density at radius 1 is 1.46 bits per heavy atom. The zero-order valence-electron chi connectivity index (χ0n) is 8.02. The highest BCUT2D eigenvalue weighted by Gasteiger charge is 2.41. The molecule has 0 aliphatic carbocycles. The Bertz CT molecular complexity index is 211. The van der Waals surface area contributed by atoms with Gasteiger partial charge in [-0.3, -0.25) is 4.90 Å². The molecule has 1 rings (SSSR count). The molecule has 76 valence electrons. The van der Waals surface area contributed by atoms with Gasteiger partial charge in [-0.05, 0) is 20.8 Å². The number of hydrogen-bond acceptors (Lipinski definition) is 4. The van der Waals surface area contributed by atoms with Gasteiger partial charge in [-0.1, -0.05) is 0 Å². The lowest BCUT2D eigenvalue weighted by molar-refractivity contribution is -0.160. The number of nitrogens with zero attached hydrogens (tertiary/aromatic N) is 1. The summed E-state index contributed by atoms with van der Waals surface area (Å²) >= 11 is 0. The van der Waals surface area contributed by atoms with Gasteiger partial charge in [-0.25, -0.2) is 4.79 Å². The van der Waals surface area contributed by atoms with Crippen LogP contribution in [0.4, 0.5) is 4.79 Å². The first-order valence-corrected chi connectivity index (χ1v) is 4.17. The molecule has 0 saturated carbocycles. The largest absolute Gasteiger partial charge is 0.444 e. The van der Waals surface area contributed by atoms with Crippen LogP contribution >= 0.6 is 0 Å². The van der Waals surface area contributed by atoms with Crippen molar-refractivity contribution < 1.29 is 19.7 Å². The van der Waals surface area contributed by atoms with E-state index in [1.54, 1.807) is 20.8 Å². The van der Waals surface area contributed by atoms with Gasteiger partial charge in [-0.15, -0.1) is 0 Å². The Balaban J connectivity index is 2.42. The maximum atomic E-state index is 11.2. The lowest BCUT2D eigenvalue weighted by Crippen LogP contribution is -2.62. The van der Waals surface area contributed by atoms with Gasteiger partial charge < -0.3 is 14.9 Å². The van der Waals surface area contributed by atoms with E-state index in [0.29, 0.717) is 0 Å². The van der Waals surface area contributed by atoms with E-state index in [2.05, 4.69) is 0 Å². The molecule has 0 aromatic carbocycles. The van der Waals surface area contributed by atoms with E-state index >= 15 is 0 Å². The molecule has 2 unspecified atom stereocenters. The quantitative estimate of drug-likeness (QED) is 0.559. The highest BCUT2D eigenvalue weighted by Crippen LogP contribution is 2.19. The normalized spacial score (nSPS) is 28.2. The number of ether oxygens (including phenoxy) is 1. The molecule has 2 atom stereocenters. The number of carbonyl (C=O) groups excluding carboxylic acids is 1. The van der Waals surface area contributed by atoms with Gasteiger partial charge in [0.25, 0.3) is 0 Å². The molecule has 0 spiro atoms. The molecule has 1 fully saturated rings. The van der Waals surface area contributed by atoms with Crippen LogP contribution in [0.15, 0.2) is 0 Å². The smallest absolute Gasteiger partial charge is 0.412 e. The Morgan fingerprint density at radius 2 is 2.00 bits per heavy atom. The van der Waals surface area contributed by atoms with Crippen LogP contribution in [0.5, 0.6) is 0 Å². The Kier molecular flexibility index (Phi) is 2.49. The Labute approximate surface area is 76.9 Å². The second-order valence-corrected chi connectivity index (χ2v) is 4.11. The summed E-state index contributed by atoms with van der Waals surface area (Å²) in [5, 5.41) is 18.1. The van der Waals surface area contributed by atoms with E-state index in [-0.39, 0.29) is 6.54 Å². The van der Waals surface area contributed by atoms with Crippen LogP contribution in [0, 0.1) is 0 Å². The average molecular weight is 189 g/mol. The molecule has 1 saturated heterocycles. The number of aliphatic hydroxyl groups is 2. The number of carbonyl (C=O) groups is 1. The fourth-order valence-electron chi connectivity index (χ4n) is 0.977. The van der Waals surface area contributed by atoms with Crippen molar-refractivity contribution >= 4 is 6.09 Å². The molecule has 2 N–H and O–H groups in total. The summed E-state index contributed by atoms with van der Waals surface area (Å²) in [6, 6.07) is 0. The second kappa shape index (κ2) is 3.16. The molecule has 0 radical (unpaired) electrons. The highest BCUT2D eigenvalue weighted by molar-refractivity contribution is 5.69. The molecule has 5 nitrogen and oxygen atoms in total. The summed E-state index contributed by atoms with van der Waals surface area (Å²) in [4.78, 5) is 12.3. The molecule has 1 amide bonds. The zero-order chi connectivity index (χ0) is 10.2. The van der Waals surface area contributed by atoms with Crippen LogP contribution in [0.2, 0.25) is 0 Å². The third kappa shape index (κ3) is 2.32. The lowest BCUT2D eigenvalue weighted by atomic mass is 10.1. The van der Waals surface area contributed by atoms with Crippen LogP contribution < -0.4 is 0 Å². The van der Waals surface area contributed by atoms with E-state index in [9.17, 15) is 4.79 Å². The van der Waals surface area contributed by atoms with Gasteiger partial charge in [0.05, 0.1) is 6.54 Å². The van der Waals surface area contributed by atoms with Gasteiger partial charge in [0, 0.05) is 0 Å². The highest BCUT2D eigenvalue weighted by atomic mass is 16.6. The van der Waals surface area contributed by atoms with Gasteiger partial charge in [0.2, 0.25) is 0 Å². The predicted molar refractivity (Wildman–Crippen MR) is 45.0 cm³/mol. The molecule has 1 aliphatic heterocycles. The van der Waals surface area contributed by atoms with Crippen molar-refractivity contribution in [3.63, 3.8) is 0 Å². The number of rotatable bonds is 0.